The van der Waals surface area contributed by atoms with E-state index in [0.29, 0.717) is 0 Å². The maximum atomic E-state index is 10.0. The van der Waals surface area contributed by atoms with Gasteiger partial charge in [0.2, 0.25) is 0 Å². The number of hydrogen-bond donors (Lipinski definition) is 0. The Morgan fingerprint density at radius 2 is 2.00 bits per heavy atom. The number of Topliss-reactive ketones (excluding diaryl/α,β-unsaturated/α-hetero) is 1. The number of hydrogen-bond acceptors (Lipinski definition) is 1. The largest absolute Gasteiger partial charge is 0.300 e. The van der Waals surface area contributed by atoms with Crippen molar-refractivity contribution in [3.05, 3.63) is 12.7 Å². The zero-order valence-corrected chi connectivity index (χ0v) is 6.61. The average Bonchev–Trinajstić information content (AvgIpc) is 1.67. The minimum absolute atomic E-state index is 0.289. The van der Waals surface area contributed by atoms with E-state index in [1.165, 1.54) is 0 Å². The van der Waals surface area contributed by atoms with E-state index in [4.69, 9.17) is 0 Å². The lowest BCUT2D eigenvalue weighted by atomic mass is 10.3. The second kappa shape index (κ2) is 10.4. The molecule has 0 aromatic carbocycles. The number of carbonyl (C=O) groups is 1. The van der Waals surface area contributed by atoms with Crippen LogP contribution >= 0.6 is 0 Å². The van der Waals surface area contributed by atoms with Crippen molar-refractivity contribution in [2.45, 2.75) is 33.6 Å². The van der Waals surface area contributed by atoms with Gasteiger partial charge in [-0.2, -0.15) is 0 Å². The zero-order chi connectivity index (χ0) is 7.70. The molecule has 0 saturated carbocycles. The summed E-state index contributed by atoms with van der Waals surface area (Å²) in [6.45, 7) is 8.87. The van der Waals surface area contributed by atoms with E-state index in [9.17, 15) is 4.79 Å². The first-order chi connectivity index (χ1) is 4.18. The predicted octanol–water partition coefficient (Wildman–Crippen LogP) is 2.57. The molecule has 1 nitrogen and oxygen atoms in total. The molecule has 0 aliphatic heterocycles. The lowest BCUT2D eigenvalue weighted by molar-refractivity contribution is -0.117. The van der Waals surface area contributed by atoms with E-state index in [1.54, 1.807) is 13.0 Å². The van der Waals surface area contributed by atoms with Crippen LogP contribution in [0.1, 0.15) is 33.6 Å². The molecule has 0 bridgehead atoms. The molecular formula is C8H16O. The van der Waals surface area contributed by atoms with Crippen LogP contribution in [-0.4, -0.2) is 5.78 Å². The summed E-state index contributed by atoms with van der Waals surface area (Å²) < 4.78 is 0. The Morgan fingerprint density at radius 3 is 2.00 bits per heavy atom. The minimum Gasteiger partial charge on any atom is -0.300 e. The van der Waals surface area contributed by atoms with Gasteiger partial charge in [-0.25, -0.2) is 0 Å². The van der Waals surface area contributed by atoms with Crippen LogP contribution in [0.2, 0.25) is 0 Å². The quantitative estimate of drug-likeness (QED) is 0.522. The van der Waals surface area contributed by atoms with Gasteiger partial charge in [0.25, 0.3) is 0 Å². The van der Waals surface area contributed by atoms with Crippen LogP contribution in [0.25, 0.3) is 0 Å². The van der Waals surface area contributed by atoms with Crippen LogP contribution in [0, 0.1) is 0 Å². The SMILES string of the molecule is C=CC.CCCC(C)=O. The van der Waals surface area contributed by atoms with Gasteiger partial charge in [0.1, 0.15) is 5.78 Å². The smallest absolute Gasteiger partial charge is 0.129 e. The lowest BCUT2D eigenvalue weighted by Crippen LogP contribution is -1.84. The van der Waals surface area contributed by atoms with Crippen molar-refractivity contribution >= 4 is 5.78 Å². The fraction of sp³-hybridized carbons (Fsp3) is 0.625. The highest BCUT2D eigenvalue weighted by Gasteiger charge is 1.83. The summed E-state index contributed by atoms with van der Waals surface area (Å²) in [6, 6.07) is 0. The molecule has 0 aliphatic carbocycles. The molecule has 0 spiro atoms. The Labute approximate surface area is 57.8 Å². The monoisotopic (exact) mass is 128 g/mol. The molecule has 54 valence electrons. The van der Waals surface area contributed by atoms with Gasteiger partial charge in [0, 0.05) is 6.42 Å². The molecule has 0 amide bonds. The first-order valence-corrected chi connectivity index (χ1v) is 3.25. The van der Waals surface area contributed by atoms with Crippen molar-refractivity contribution in [1.82, 2.24) is 0 Å². The maximum absolute atomic E-state index is 10.0. The molecule has 0 saturated heterocycles. The Bertz CT molecular complexity index is 74.6. The third kappa shape index (κ3) is 37.3. The molecule has 0 unspecified atom stereocenters. The van der Waals surface area contributed by atoms with Crippen LogP contribution in [0.15, 0.2) is 12.7 Å². The highest BCUT2D eigenvalue weighted by molar-refractivity contribution is 5.75. The molecule has 0 N–H and O–H groups in total. The molecule has 0 aromatic rings. The highest BCUT2D eigenvalue weighted by Crippen LogP contribution is 1.84. The maximum Gasteiger partial charge on any atom is 0.129 e. The van der Waals surface area contributed by atoms with Crippen LogP contribution in [0.3, 0.4) is 0 Å². The van der Waals surface area contributed by atoms with Crippen molar-refractivity contribution in [2.75, 3.05) is 0 Å². The van der Waals surface area contributed by atoms with E-state index < -0.39 is 0 Å². The summed E-state index contributed by atoms with van der Waals surface area (Å²) in [5.74, 6) is 0.289. The molecule has 0 radical (unpaired) electrons. The number of rotatable bonds is 2. The van der Waals surface area contributed by atoms with Gasteiger partial charge >= 0.3 is 0 Å². The van der Waals surface area contributed by atoms with Crippen molar-refractivity contribution in [3.8, 4) is 0 Å². The summed E-state index contributed by atoms with van der Waals surface area (Å²) in [6.07, 6.45) is 3.47. The van der Waals surface area contributed by atoms with Crippen LogP contribution in [0.4, 0.5) is 0 Å². The van der Waals surface area contributed by atoms with Crippen molar-refractivity contribution < 1.29 is 4.79 Å². The molecule has 0 aliphatic rings. The fourth-order valence-electron chi connectivity index (χ4n) is 0.352. The summed E-state index contributed by atoms with van der Waals surface area (Å²) >= 11 is 0. The molecule has 0 atom stereocenters. The van der Waals surface area contributed by atoms with Gasteiger partial charge in [0.05, 0.1) is 0 Å². The van der Waals surface area contributed by atoms with Gasteiger partial charge in [-0.3, -0.25) is 0 Å². The lowest BCUT2D eigenvalue weighted by Gasteiger charge is -1.80. The summed E-state index contributed by atoms with van der Waals surface area (Å²) in [4.78, 5) is 10.0. The summed E-state index contributed by atoms with van der Waals surface area (Å²) in [5, 5.41) is 0. The van der Waals surface area contributed by atoms with Crippen LogP contribution in [0.5, 0.6) is 0 Å². The van der Waals surface area contributed by atoms with Crippen LogP contribution in [-0.2, 0) is 4.79 Å². The molecule has 0 aromatic heterocycles. The Morgan fingerprint density at radius 1 is 1.67 bits per heavy atom. The van der Waals surface area contributed by atoms with Gasteiger partial charge in [-0.15, -0.1) is 6.58 Å². The number of carbonyl (C=O) groups excluding carboxylic acids is 1. The number of ketones is 1. The average molecular weight is 128 g/mol. The van der Waals surface area contributed by atoms with Crippen molar-refractivity contribution in [2.24, 2.45) is 0 Å². The van der Waals surface area contributed by atoms with Crippen LogP contribution < -0.4 is 0 Å². The van der Waals surface area contributed by atoms with Gasteiger partial charge in [-0.1, -0.05) is 13.0 Å². The van der Waals surface area contributed by atoms with Gasteiger partial charge in [-0.05, 0) is 20.3 Å². The number of allylic oxidation sites excluding steroid dienone is 1. The van der Waals surface area contributed by atoms with Gasteiger partial charge in [0.15, 0.2) is 0 Å². The fourth-order valence-corrected chi connectivity index (χ4v) is 0.352. The Balaban J connectivity index is 0. The topological polar surface area (TPSA) is 17.1 Å². The van der Waals surface area contributed by atoms with Gasteiger partial charge < -0.3 is 4.79 Å². The second-order valence-electron chi connectivity index (χ2n) is 1.86. The Kier molecular flexibility index (Phi) is 13.0. The zero-order valence-electron chi connectivity index (χ0n) is 6.61. The first kappa shape index (κ1) is 11.2. The van der Waals surface area contributed by atoms with E-state index in [2.05, 4.69) is 6.58 Å². The predicted molar refractivity (Wildman–Crippen MR) is 41.5 cm³/mol. The molecule has 0 heterocycles. The molecular weight excluding hydrogens is 112 g/mol. The molecule has 0 fully saturated rings. The van der Waals surface area contributed by atoms with E-state index >= 15 is 0 Å². The van der Waals surface area contributed by atoms with Crippen molar-refractivity contribution in [3.63, 3.8) is 0 Å². The minimum atomic E-state index is 0.289. The normalized spacial score (nSPS) is 7.00. The standard InChI is InChI=1S/C5H10O.C3H6/c1-3-4-5(2)6;1-3-2/h3-4H2,1-2H3;3H,1H2,2H3. The highest BCUT2D eigenvalue weighted by atomic mass is 16.1. The summed E-state index contributed by atoms with van der Waals surface area (Å²) in [5.41, 5.74) is 0. The molecule has 9 heavy (non-hydrogen) atoms. The molecule has 0 rings (SSSR count). The van der Waals surface area contributed by atoms with Crippen molar-refractivity contribution in [1.29, 1.82) is 0 Å². The molecule has 1 heteroatoms. The third-order valence-corrected chi connectivity index (χ3v) is 0.602. The third-order valence-electron chi connectivity index (χ3n) is 0.602. The second-order valence-corrected chi connectivity index (χ2v) is 1.86. The first-order valence-electron chi connectivity index (χ1n) is 3.25. The van der Waals surface area contributed by atoms with E-state index in [0.717, 1.165) is 12.8 Å². The summed E-state index contributed by atoms with van der Waals surface area (Å²) in [7, 11) is 0. The van der Waals surface area contributed by atoms with E-state index in [-0.39, 0.29) is 5.78 Å². The van der Waals surface area contributed by atoms with E-state index in [1.807, 2.05) is 13.8 Å². The Hall–Kier alpha value is -0.590.